The molecule has 0 bridgehead atoms. The summed E-state index contributed by atoms with van der Waals surface area (Å²) in [5.41, 5.74) is 4.55. The fraction of sp³-hybridized carbons (Fsp3) is 0.833. The standard InChI is InChI=1S/C12H25N3O3/c1-8(2)7-9(14-11(13)18)10(17)15-12(3,4)5-6-16/h8-9,16H,5-7H2,1-4H3,(H,15,17)(H3,13,14,18). The van der Waals surface area contributed by atoms with E-state index in [1.165, 1.54) is 0 Å². The maximum Gasteiger partial charge on any atom is 0.312 e. The molecule has 0 fully saturated rings. The van der Waals surface area contributed by atoms with Gasteiger partial charge in [0.15, 0.2) is 0 Å². The van der Waals surface area contributed by atoms with E-state index < -0.39 is 17.6 Å². The highest BCUT2D eigenvalue weighted by Crippen LogP contribution is 2.10. The van der Waals surface area contributed by atoms with E-state index in [2.05, 4.69) is 10.6 Å². The van der Waals surface area contributed by atoms with E-state index in [-0.39, 0.29) is 18.4 Å². The summed E-state index contributed by atoms with van der Waals surface area (Å²) in [5, 5.41) is 14.1. The Morgan fingerprint density at radius 1 is 1.33 bits per heavy atom. The zero-order chi connectivity index (χ0) is 14.3. The third-order valence-corrected chi connectivity index (χ3v) is 2.54. The Balaban J connectivity index is 4.59. The van der Waals surface area contributed by atoms with Crippen LogP contribution in [0.4, 0.5) is 4.79 Å². The summed E-state index contributed by atoms with van der Waals surface area (Å²) in [6, 6.07) is -1.35. The SMILES string of the molecule is CC(C)CC(NC(N)=O)C(=O)NC(C)(C)CCO. The maximum atomic E-state index is 12.0. The first kappa shape index (κ1) is 16.7. The second kappa shape index (κ2) is 7.20. The predicted octanol–water partition coefficient (Wildman–Crippen LogP) is 0.347. The molecule has 1 atom stereocenters. The van der Waals surface area contributed by atoms with Crippen molar-refractivity contribution in [2.24, 2.45) is 11.7 Å². The van der Waals surface area contributed by atoms with Crippen LogP contribution in [-0.4, -0.2) is 35.2 Å². The summed E-state index contributed by atoms with van der Waals surface area (Å²) in [4.78, 5) is 22.9. The summed E-state index contributed by atoms with van der Waals surface area (Å²) in [6.07, 6.45) is 0.966. The highest BCUT2D eigenvalue weighted by Gasteiger charge is 2.26. The predicted molar refractivity (Wildman–Crippen MR) is 69.9 cm³/mol. The summed E-state index contributed by atoms with van der Waals surface area (Å²) in [5.74, 6) is -0.0190. The van der Waals surface area contributed by atoms with Crippen molar-refractivity contribution in [1.82, 2.24) is 10.6 Å². The van der Waals surface area contributed by atoms with E-state index in [9.17, 15) is 9.59 Å². The minimum Gasteiger partial charge on any atom is -0.396 e. The molecule has 0 aliphatic heterocycles. The van der Waals surface area contributed by atoms with Crippen molar-refractivity contribution in [2.45, 2.75) is 52.1 Å². The molecule has 1 unspecified atom stereocenters. The van der Waals surface area contributed by atoms with Gasteiger partial charge in [-0.3, -0.25) is 4.79 Å². The van der Waals surface area contributed by atoms with Crippen molar-refractivity contribution < 1.29 is 14.7 Å². The van der Waals surface area contributed by atoms with Crippen LogP contribution in [0.1, 0.15) is 40.5 Å². The van der Waals surface area contributed by atoms with Crippen molar-refractivity contribution >= 4 is 11.9 Å². The molecule has 0 aromatic rings. The lowest BCUT2D eigenvalue weighted by molar-refractivity contribution is -0.125. The first-order valence-corrected chi connectivity index (χ1v) is 6.17. The molecule has 0 saturated carbocycles. The lowest BCUT2D eigenvalue weighted by Crippen LogP contribution is -2.54. The van der Waals surface area contributed by atoms with Gasteiger partial charge in [0.2, 0.25) is 5.91 Å². The monoisotopic (exact) mass is 259 g/mol. The number of aliphatic hydroxyl groups is 1. The summed E-state index contributed by atoms with van der Waals surface area (Å²) in [6.45, 7) is 7.55. The number of aliphatic hydroxyl groups excluding tert-OH is 1. The van der Waals surface area contributed by atoms with Crippen molar-refractivity contribution in [3.8, 4) is 0 Å². The minimum atomic E-state index is -0.712. The highest BCUT2D eigenvalue weighted by molar-refractivity contribution is 5.86. The van der Waals surface area contributed by atoms with Crippen LogP contribution < -0.4 is 16.4 Å². The van der Waals surface area contributed by atoms with Gasteiger partial charge in [-0.2, -0.15) is 0 Å². The van der Waals surface area contributed by atoms with E-state index in [0.717, 1.165) is 0 Å². The zero-order valence-corrected chi connectivity index (χ0v) is 11.6. The number of carbonyl (C=O) groups is 2. The number of primary amides is 1. The number of hydrogen-bond donors (Lipinski definition) is 4. The van der Waals surface area contributed by atoms with Gasteiger partial charge < -0.3 is 21.5 Å². The van der Waals surface area contributed by atoms with Gasteiger partial charge in [-0.05, 0) is 32.6 Å². The van der Waals surface area contributed by atoms with Crippen molar-refractivity contribution in [3.63, 3.8) is 0 Å². The maximum absolute atomic E-state index is 12.0. The van der Waals surface area contributed by atoms with E-state index in [1.54, 1.807) is 0 Å². The largest absolute Gasteiger partial charge is 0.396 e. The molecule has 0 rings (SSSR count). The Morgan fingerprint density at radius 2 is 1.89 bits per heavy atom. The van der Waals surface area contributed by atoms with Crippen LogP contribution >= 0.6 is 0 Å². The fourth-order valence-electron chi connectivity index (χ4n) is 1.64. The Kier molecular flexibility index (Phi) is 6.68. The second-order valence-electron chi connectivity index (χ2n) is 5.54. The molecular weight excluding hydrogens is 234 g/mol. The molecule has 0 aliphatic carbocycles. The van der Waals surface area contributed by atoms with Crippen LogP contribution in [0.3, 0.4) is 0 Å². The lowest BCUT2D eigenvalue weighted by Gasteiger charge is -2.28. The van der Waals surface area contributed by atoms with E-state index in [0.29, 0.717) is 12.8 Å². The normalized spacial score (nSPS) is 13.2. The quantitative estimate of drug-likeness (QED) is 0.530. The van der Waals surface area contributed by atoms with Crippen LogP contribution in [0.2, 0.25) is 0 Å². The molecule has 6 nitrogen and oxygen atoms in total. The van der Waals surface area contributed by atoms with Gasteiger partial charge in [-0.15, -0.1) is 0 Å². The van der Waals surface area contributed by atoms with Gasteiger partial charge >= 0.3 is 6.03 Å². The van der Waals surface area contributed by atoms with Gasteiger partial charge in [0.1, 0.15) is 6.04 Å². The Morgan fingerprint density at radius 3 is 2.28 bits per heavy atom. The van der Waals surface area contributed by atoms with Gasteiger partial charge in [0.25, 0.3) is 0 Å². The van der Waals surface area contributed by atoms with Crippen LogP contribution in [0.25, 0.3) is 0 Å². The number of nitrogens with two attached hydrogens (primary N) is 1. The van der Waals surface area contributed by atoms with Crippen molar-refractivity contribution in [2.75, 3.05) is 6.61 Å². The van der Waals surface area contributed by atoms with Crippen LogP contribution in [0.5, 0.6) is 0 Å². The van der Waals surface area contributed by atoms with Crippen LogP contribution in [-0.2, 0) is 4.79 Å². The smallest absolute Gasteiger partial charge is 0.312 e. The average molecular weight is 259 g/mol. The summed E-state index contributed by atoms with van der Waals surface area (Å²) >= 11 is 0. The zero-order valence-electron chi connectivity index (χ0n) is 11.6. The summed E-state index contributed by atoms with van der Waals surface area (Å²) in [7, 11) is 0. The molecular formula is C12H25N3O3. The summed E-state index contributed by atoms with van der Waals surface area (Å²) < 4.78 is 0. The molecule has 5 N–H and O–H groups in total. The average Bonchev–Trinajstić information content (AvgIpc) is 2.13. The topological polar surface area (TPSA) is 104 Å². The minimum absolute atomic E-state index is 0.00856. The Bertz CT molecular complexity index is 290. The fourth-order valence-corrected chi connectivity index (χ4v) is 1.64. The highest BCUT2D eigenvalue weighted by atomic mass is 16.3. The van der Waals surface area contributed by atoms with E-state index in [4.69, 9.17) is 10.8 Å². The molecule has 0 saturated heterocycles. The molecule has 0 radical (unpaired) electrons. The first-order valence-electron chi connectivity index (χ1n) is 6.17. The number of nitrogens with one attached hydrogen (secondary N) is 2. The molecule has 3 amide bonds. The second-order valence-corrected chi connectivity index (χ2v) is 5.54. The molecule has 0 aromatic heterocycles. The van der Waals surface area contributed by atoms with Crippen molar-refractivity contribution in [1.29, 1.82) is 0 Å². The number of carbonyl (C=O) groups excluding carboxylic acids is 2. The van der Waals surface area contributed by atoms with Gasteiger partial charge in [0, 0.05) is 12.1 Å². The molecule has 0 aromatic carbocycles. The number of amides is 3. The molecule has 0 aliphatic rings. The molecule has 0 heterocycles. The molecule has 0 spiro atoms. The van der Waals surface area contributed by atoms with E-state index in [1.807, 2.05) is 27.7 Å². The Labute approximate surface area is 108 Å². The molecule has 6 heteroatoms. The first-order chi connectivity index (χ1) is 8.18. The van der Waals surface area contributed by atoms with Gasteiger partial charge in [-0.25, -0.2) is 4.79 Å². The number of rotatable bonds is 7. The Hall–Kier alpha value is -1.30. The van der Waals surface area contributed by atoms with Gasteiger partial charge in [0.05, 0.1) is 0 Å². The van der Waals surface area contributed by atoms with Crippen molar-refractivity contribution in [3.05, 3.63) is 0 Å². The number of hydrogen-bond acceptors (Lipinski definition) is 3. The third-order valence-electron chi connectivity index (χ3n) is 2.54. The third kappa shape index (κ3) is 7.11. The molecule has 106 valence electrons. The van der Waals surface area contributed by atoms with E-state index >= 15 is 0 Å². The van der Waals surface area contributed by atoms with Crippen LogP contribution in [0.15, 0.2) is 0 Å². The van der Waals surface area contributed by atoms with Crippen LogP contribution in [0, 0.1) is 5.92 Å². The lowest BCUT2D eigenvalue weighted by atomic mass is 9.98. The molecule has 18 heavy (non-hydrogen) atoms. The van der Waals surface area contributed by atoms with Gasteiger partial charge in [-0.1, -0.05) is 13.8 Å². The number of urea groups is 1.